The topological polar surface area (TPSA) is 253 Å². The SMILES string of the molecule is C#C[C@@H]1C(C2C=Nc3c(N)ncnc32)O[C@](CF)(COP(=O)(O)OP(=O)(O)OP(=O)(O)O)[C@H]1O. The van der Waals surface area contributed by atoms with Crippen molar-refractivity contribution >= 4 is 41.2 Å². The van der Waals surface area contributed by atoms with Gasteiger partial charge in [-0.1, -0.05) is 5.92 Å². The van der Waals surface area contributed by atoms with E-state index in [9.17, 15) is 33.0 Å². The van der Waals surface area contributed by atoms with Crippen LogP contribution in [0.1, 0.15) is 11.6 Å². The van der Waals surface area contributed by atoms with E-state index in [1.807, 2.05) is 0 Å². The van der Waals surface area contributed by atoms with Crippen LogP contribution in [0.15, 0.2) is 11.3 Å². The van der Waals surface area contributed by atoms with Gasteiger partial charge in [0.2, 0.25) is 0 Å². The Balaban J connectivity index is 1.81. The number of fused-ring (bicyclic) bond motifs is 1. The lowest BCUT2D eigenvalue weighted by atomic mass is 9.85. The first kappa shape index (κ1) is 27.0. The number of nitrogen functional groups attached to an aromatic ring is 1. The number of aliphatic imine (C=N–C) groups is 1. The predicted octanol–water partition coefficient (Wildman–Crippen LogP) is -0.0810. The van der Waals surface area contributed by atoms with Gasteiger partial charge in [-0.3, -0.25) is 9.52 Å². The van der Waals surface area contributed by atoms with Crippen molar-refractivity contribution in [2.24, 2.45) is 10.9 Å². The summed E-state index contributed by atoms with van der Waals surface area (Å²) in [6.07, 6.45) is 4.98. The molecule has 0 bridgehead atoms. The number of aromatic nitrogens is 2. The molecule has 0 aromatic carbocycles. The molecule has 20 heteroatoms. The molecule has 2 aliphatic heterocycles. The van der Waals surface area contributed by atoms with E-state index in [1.165, 1.54) is 6.21 Å². The van der Waals surface area contributed by atoms with Crippen LogP contribution in [0.5, 0.6) is 0 Å². The number of phosphoric acid groups is 3. The third kappa shape index (κ3) is 5.60. The summed E-state index contributed by atoms with van der Waals surface area (Å²) in [6, 6.07) is 0. The number of nitrogens with zero attached hydrogens (tertiary/aromatic N) is 3. The highest BCUT2D eigenvalue weighted by atomic mass is 31.3. The van der Waals surface area contributed by atoms with Gasteiger partial charge in [-0.05, 0) is 0 Å². The van der Waals surface area contributed by atoms with Gasteiger partial charge in [0.05, 0.1) is 30.2 Å². The molecular formula is C14H18FN4O12P3. The number of aliphatic hydroxyl groups is 1. The molecule has 3 rings (SSSR count). The average Bonchev–Trinajstić information content (AvgIpc) is 3.24. The number of ether oxygens (including phenoxy) is 1. The summed E-state index contributed by atoms with van der Waals surface area (Å²) in [6.45, 7) is -2.76. The standard InChI is InChI=1S/C14H18FN4O12P3/c1-2-7-11(8-3-17-10-9(8)18-6-19-13(10)16)29-14(4-15,12(7)20)5-28-33(24,25)31-34(26,27)30-32(21,22)23/h1,3,6-8,11-12,20H,4-5H2,(H,24,25)(H,26,27)(H2,16,18,19)(H2,21,22,23)/t7-,8?,11?,12+,14-/m1/s1. The Hall–Kier alpha value is -1.63. The van der Waals surface area contributed by atoms with Crippen LogP contribution in [0.3, 0.4) is 0 Å². The molecule has 1 aromatic heterocycles. The van der Waals surface area contributed by atoms with Crippen LogP contribution >= 0.6 is 23.5 Å². The quantitative estimate of drug-likeness (QED) is 0.175. The van der Waals surface area contributed by atoms with Gasteiger partial charge in [0.1, 0.15) is 30.4 Å². The van der Waals surface area contributed by atoms with Crippen molar-refractivity contribution in [2.45, 2.75) is 23.7 Å². The summed E-state index contributed by atoms with van der Waals surface area (Å²) in [5, 5.41) is 10.7. The highest BCUT2D eigenvalue weighted by Gasteiger charge is 2.58. The maximum absolute atomic E-state index is 14.1. The van der Waals surface area contributed by atoms with Crippen LogP contribution in [0.25, 0.3) is 0 Å². The molecule has 1 fully saturated rings. The number of rotatable bonds is 9. The second-order valence-electron chi connectivity index (χ2n) is 7.08. The molecular weight excluding hydrogens is 528 g/mol. The van der Waals surface area contributed by atoms with E-state index in [2.05, 4.69) is 34.0 Å². The largest absolute Gasteiger partial charge is 0.490 e. The summed E-state index contributed by atoms with van der Waals surface area (Å²) in [5.41, 5.74) is 3.87. The first-order valence-corrected chi connectivity index (χ1v) is 13.5. The molecule has 34 heavy (non-hydrogen) atoms. The molecule has 0 saturated carbocycles. The fraction of sp³-hybridized carbons (Fsp3) is 0.500. The van der Waals surface area contributed by atoms with Crippen LogP contribution in [0.4, 0.5) is 15.9 Å². The molecule has 16 nitrogen and oxygen atoms in total. The van der Waals surface area contributed by atoms with E-state index in [4.69, 9.17) is 26.7 Å². The van der Waals surface area contributed by atoms with Crippen molar-refractivity contribution in [3.63, 3.8) is 0 Å². The van der Waals surface area contributed by atoms with E-state index in [0.717, 1.165) is 6.33 Å². The Bertz CT molecular complexity index is 1170. The molecule has 1 saturated heterocycles. The second-order valence-corrected chi connectivity index (χ2v) is 11.5. The molecule has 0 aliphatic carbocycles. The lowest BCUT2D eigenvalue weighted by Gasteiger charge is -2.30. The maximum Gasteiger partial charge on any atom is 0.490 e. The van der Waals surface area contributed by atoms with Crippen LogP contribution in [-0.2, 0) is 31.6 Å². The molecule has 0 spiro atoms. The first-order chi connectivity index (χ1) is 15.6. The van der Waals surface area contributed by atoms with E-state index < -0.39 is 66.4 Å². The normalized spacial score (nSPS) is 32.0. The number of terminal acetylenes is 1. The van der Waals surface area contributed by atoms with Crippen molar-refractivity contribution < 1.29 is 60.6 Å². The lowest BCUT2D eigenvalue weighted by Crippen LogP contribution is -2.47. The summed E-state index contributed by atoms with van der Waals surface area (Å²) >= 11 is 0. The Morgan fingerprint density at radius 2 is 1.88 bits per heavy atom. The van der Waals surface area contributed by atoms with E-state index >= 15 is 0 Å². The number of nitrogens with two attached hydrogens (primary N) is 1. The van der Waals surface area contributed by atoms with Gasteiger partial charge in [0.25, 0.3) is 0 Å². The van der Waals surface area contributed by atoms with Crippen molar-refractivity contribution in [1.82, 2.24) is 9.97 Å². The molecule has 0 amide bonds. The van der Waals surface area contributed by atoms with Gasteiger partial charge in [-0.2, -0.15) is 8.62 Å². The van der Waals surface area contributed by atoms with Gasteiger partial charge in [-0.25, -0.2) is 28.1 Å². The van der Waals surface area contributed by atoms with Crippen LogP contribution < -0.4 is 5.73 Å². The van der Waals surface area contributed by atoms with E-state index in [-0.39, 0.29) is 17.2 Å². The Kier molecular flexibility index (Phi) is 7.48. The summed E-state index contributed by atoms with van der Waals surface area (Å²) in [5.74, 6) is 0.262. The molecule has 2 aliphatic rings. The number of halogens is 1. The van der Waals surface area contributed by atoms with Crippen LogP contribution in [-0.4, -0.2) is 72.0 Å². The fourth-order valence-electron chi connectivity index (χ4n) is 3.42. The minimum Gasteiger partial charge on any atom is -0.389 e. The summed E-state index contributed by atoms with van der Waals surface area (Å²) in [7, 11) is -17.0. The monoisotopic (exact) mass is 546 g/mol. The third-order valence-electron chi connectivity index (χ3n) is 4.82. The first-order valence-electron chi connectivity index (χ1n) is 8.94. The van der Waals surface area contributed by atoms with Gasteiger partial charge < -0.3 is 35.2 Å². The number of hydrogen-bond acceptors (Lipinski definition) is 12. The smallest absolute Gasteiger partial charge is 0.389 e. The number of alkyl halides is 1. The van der Waals surface area contributed by atoms with Crippen LogP contribution in [0.2, 0.25) is 0 Å². The van der Waals surface area contributed by atoms with Gasteiger partial charge in [-0.15, -0.1) is 6.42 Å². The van der Waals surface area contributed by atoms with E-state index in [0.29, 0.717) is 0 Å². The zero-order valence-corrected chi connectivity index (χ0v) is 19.4. The Labute approximate surface area is 190 Å². The number of aliphatic hydroxyl groups excluding tert-OH is 1. The maximum atomic E-state index is 14.1. The number of phosphoric ester groups is 1. The molecule has 7 atom stereocenters. The highest BCUT2D eigenvalue weighted by Crippen LogP contribution is 2.66. The van der Waals surface area contributed by atoms with Crippen molar-refractivity contribution in [3.8, 4) is 12.3 Å². The second kappa shape index (κ2) is 9.44. The highest BCUT2D eigenvalue weighted by molar-refractivity contribution is 7.66. The van der Waals surface area contributed by atoms with E-state index in [1.54, 1.807) is 0 Å². The lowest BCUT2D eigenvalue weighted by molar-refractivity contribution is -0.120. The van der Waals surface area contributed by atoms with Crippen molar-refractivity contribution in [3.05, 3.63) is 12.0 Å². The predicted molar refractivity (Wildman–Crippen MR) is 109 cm³/mol. The zero-order valence-electron chi connectivity index (χ0n) is 16.7. The molecule has 188 valence electrons. The minimum absolute atomic E-state index is 0.0453. The van der Waals surface area contributed by atoms with Crippen molar-refractivity contribution in [2.75, 3.05) is 19.0 Å². The van der Waals surface area contributed by atoms with Gasteiger partial charge in [0.15, 0.2) is 5.82 Å². The Morgan fingerprint density at radius 3 is 2.47 bits per heavy atom. The van der Waals surface area contributed by atoms with Crippen molar-refractivity contribution in [1.29, 1.82) is 0 Å². The van der Waals surface area contributed by atoms with Crippen LogP contribution in [0, 0.1) is 18.3 Å². The number of anilines is 1. The Morgan fingerprint density at radius 1 is 1.21 bits per heavy atom. The summed E-state index contributed by atoms with van der Waals surface area (Å²) in [4.78, 5) is 47.9. The molecule has 1 aromatic rings. The number of hydrogen-bond donors (Lipinski definition) is 6. The molecule has 7 N–H and O–H groups in total. The third-order valence-corrected chi connectivity index (χ3v) is 8.61. The zero-order chi connectivity index (χ0) is 25.5. The fourth-order valence-corrected chi connectivity index (χ4v) is 6.49. The van der Waals surface area contributed by atoms with Gasteiger partial charge in [0, 0.05) is 6.21 Å². The minimum atomic E-state index is -5.81. The molecule has 4 unspecified atom stereocenters. The average molecular weight is 546 g/mol. The summed E-state index contributed by atoms with van der Waals surface area (Å²) < 4.78 is 65.6. The van der Waals surface area contributed by atoms with Gasteiger partial charge >= 0.3 is 23.5 Å². The molecule has 3 heterocycles. The molecule has 0 radical (unpaired) electrons.